The van der Waals surface area contributed by atoms with Crippen molar-refractivity contribution in [3.63, 3.8) is 0 Å². The Hall–Kier alpha value is -3.04. The van der Waals surface area contributed by atoms with Crippen molar-refractivity contribution in [3.05, 3.63) is 39.5 Å². The molecule has 1 saturated heterocycles. The van der Waals surface area contributed by atoms with E-state index in [1.807, 2.05) is 0 Å². The highest BCUT2D eigenvalue weighted by Crippen LogP contribution is 2.30. The summed E-state index contributed by atoms with van der Waals surface area (Å²) in [6.07, 6.45) is -0.442. The summed E-state index contributed by atoms with van der Waals surface area (Å²) in [5.41, 5.74) is -0.249. The SMILES string of the molecule is COC(=O)N1CC(c2nc(-c3cc(F)c(C)c([N+](=O)[O-])c3)no2)C1. The quantitative estimate of drug-likeness (QED) is 0.624. The van der Waals surface area contributed by atoms with Crippen molar-refractivity contribution in [1.82, 2.24) is 15.0 Å². The molecule has 0 N–H and O–H groups in total. The molecule has 1 aromatic carbocycles. The summed E-state index contributed by atoms with van der Waals surface area (Å²) in [6, 6.07) is 2.33. The molecule has 1 aromatic heterocycles. The Bertz CT molecular complexity index is 815. The van der Waals surface area contributed by atoms with Gasteiger partial charge in [-0.1, -0.05) is 5.16 Å². The molecule has 0 bridgehead atoms. The molecule has 2 heterocycles. The van der Waals surface area contributed by atoms with Crippen LogP contribution >= 0.6 is 0 Å². The molecule has 0 spiro atoms. The highest BCUT2D eigenvalue weighted by Gasteiger charge is 2.36. The minimum absolute atomic E-state index is 0.0554. The van der Waals surface area contributed by atoms with Crippen LogP contribution in [0.4, 0.5) is 14.9 Å². The van der Waals surface area contributed by atoms with Gasteiger partial charge in [0.15, 0.2) is 0 Å². The fourth-order valence-corrected chi connectivity index (χ4v) is 2.41. The summed E-state index contributed by atoms with van der Waals surface area (Å²) in [7, 11) is 1.29. The van der Waals surface area contributed by atoms with Crippen LogP contribution in [-0.4, -0.2) is 46.3 Å². The predicted octanol–water partition coefficient (Wildman–Crippen LogP) is 2.26. The molecule has 1 aliphatic rings. The number of nitro benzene ring substituents is 1. The molecule has 9 nitrogen and oxygen atoms in total. The van der Waals surface area contributed by atoms with E-state index < -0.39 is 16.8 Å². The van der Waals surface area contributed by atoms with E-state index in [9.17, 15) is 19.3 Å². The van der Waals surface area contributed by atoms with Crippen molar-refractivity contribution in [2.75, 3.05) is 20.2 Å². The zero-order valence-electron chi connectivity index (χ0n) is 12.9. The molecule has 126 valence electrons. The van der Waals surface area contributed by atoms with E-state index in [4.69, 9.17) is 4.52 Å². The number of rotatable bonds is 3. The number of amides is 1. The van der Waals surface area contributed by atoms with Gasteiger partial charge in [0.25, 0.3) is 5.69 Å². The maximum atomic E-state index is 13.9. The first-order valence-corrected chi connectivity index (χ1v) is 7.02. The van der Waals surface area contributed by atoms with Gasteiger partial charge in [0.1, 0.15) is 5.82 Å². The lowest BCUT2D eigenvalue weighted by Crippen LogP contribution is -2.48. The maximum absolute atomic E-state index is 13.9. The minimum atomic E-state index is -0.717. The number of ether oxygens (including phenoxy) is 1. The smallest absolute Gasteiger partial charge is 0.409 e. The monoisotopic (exact) mass is 336 g/mol. The van der Waals surface area contributed by atoms with E-state index in [1.165, 1.54) is 25.0 Å². The van der Waals surface area contributed by atoms with Gasteiger partial charge in [-0.15, -0.1) is 0 Å². The minimum Gasteiger partial charge on any atom is -0.453 e. The number of likely N-dealkylation sites (tertiary alicyclic amines) is 1. The second kappa shape index (κ2) is 5.87. The van der Waals surface area contributed by atoms with Gasteiger partial charge in [-0.2, -0.15) is 4.98 Å². The first-order chi connectivity index (χ1) is 11.4. The van der Waals surface area contributed by atoms with Gasteiger partial charge in [0, 0.05) is 24.7 Å². The molecular weight excluding hydrogens is 323 g/mol. The topological polar surface area (TPSA) is 112 Å². The first kappa shape index (κ1) is 15.8. The van der Waals surface area contributed by atoms with Gasteiger partial charge in [-0.25, -0.2) is 9.18 Å². The maximum Gasteiger partial charge on any atom is 0.409 e. The molecule has 0 radical (unpaired) electrons. The molecule has 0 atom stereocenters. The summed E-state index contributed by atoms with van der Waals surface area (Å²) < 4.78 is 23.6. The molecule has 0 saturated carbocycles. The van der Waals surface area contributed by atoms with Gasteiger partial charge in [-0.05, 0) is 13.0 Å². The largest absolute Gasteiger partial charge is 0.453 e. The van der Waals surface area contributed by atoms with Crippen molar-refractivity contribution < 1.29 is 23.4 Å². The Labute approximate surface area is 135 Å². The number of halogens is 1. The van der Waals surface area contributed by atoms with E-state index >= 15 is 0 Å². The summed E-state index contributed by atoms with van der Waals surface area (Å²) >= 11 is 0. The third-order valence-electron chi connectivity index (χ3n) is 3.88. The fraction of sp³-hybridized carbons (Fsp3) is 0.357. The molecule has 10 heteroatoms. The Kier molecular flexibility index (Phi) is 3.87. The Balaban J connectivity index is 1.82. The van der Waals surface area contributed by atoms with Gasteiger partial charge in [-0.3, -0.25) is 10.1 Å². The van der Waals surface area contributed by atoms with Crippen LogP contribution in [0.15, 0.2) is 16.7 Å². The van der Waals surface area contributed by atoms with Crippen LogP contribution < -0.4 is 0 Å². The Morgan fingerprint density at radius 1 is 1.50 bits per heavy atom. The second-order valence-electron chi connectivity index (χ2n) is 5.39. The lowest BCUT2D eigenvalue weighted by Gasteiger charge is -2.35. The molecule has 0 aliphatic carbocycles. The number of carbonyl (C=O) groups excluding carboxylic acids is 1. The highest BCUT2D eigenvalue weighted by atomic mass is 19.1. The van der Waals surface area contributed by atoms with Crippen molar-refractivity contribution in [2.24, 2.45) is 0 Å². The third-order valence-corrected chi connectivity index (χ3v) is 3.88. The van der Waals surface area contributed by atoms with Crippen molar-refractivity contribution in [2.45, 2.75) is 12.8 Å². The molecule has 0 unspecified atom stereocenters. The molecule has 1 fully saturated rings. The van der Waals surface area contributed by atoms with Gasteiger partial charge >= 0.3 is 6.09 Å². The normalized spacial score (nSPS) is 14.4. The van der Waals surface area contributed by atoms with Gasteiger partial charge in [0.05, 0.1) is 23.5 Å². The Morgan fingerprint density at radius 2 is 2.21 bits per heavy atom. The number of carbonyl (C=O) groups is 1. The number of hydrogen-bond donors (Lipinski definition) is 0. The van der Waals surface area contributed by atoms with Crippen LogP contribution in [0.25, 0.3) is 11.4 Å². The zero-order valence-corrected chi connectivity index (χ0v) is 12.9. The summed E-state index contributed by atoms with van der Waals surface area (Å²) in [6.45, 7) is 2.07. The van der Waals surface area contributed by atoms with E-state index in [0.29, 0.717) is 13.1 Å². The average Bonchev–Trinajstić information content (AvgIpc) is 2.97. The number of hydrogen-bond acceptors (Lipinski definition) is 7. The summed E-state index contributed by atoms with van der Waals surface area (Å²) in [5.74, 6) is -0.515. The van der Waals surface area contributed by atoms with Crippen LogP contribution in [0.1, 0.15) is 17.4 Å². The first-order valence-electron chi connectivity index (χ1n) is 7.02. The molecule has 1 aliphatic heterocycles. The van der Waals surface area contributed by atoms with Crippen molar-refractivity contribution >= 4 is 11.8 Å². The summed E-state index contributed by atoms with van der Waals surface area (Å²) in [5, 5.41) is 14.7. The van der Waals surface area contributed by atoms with E-state index in [0.717, 1.165) is 6.07 Å². The third kappa shape index (κ3) is 2.66. The Morgan fingerprint density at radius 3 is 2.83 bits per heavy atom. The lowest BCUT2D eigenvalue weighted by atomic mass is 10.0. The van der Waals surface area contributed by atoms with Crippen LogP contribution in [0.3, 0.4) is 0 Å². The van der Waals surface area contributed by atoms with E-state index in [2.05, 4.69) is 14.9 Å². The number of aromatic nitrogens is 2. The van der Waals surface area contributed by atoms with Crippen LogP contribution in [0.5, 0.6) is 0 Å². The second-order valence-corrected chi connectivity index (χ2v) is 5.39. The number of nitro groups is 1. The fourth-order valence-electron chi connectivity index (χ4n) is 2.41. The van der Waals surface area contributed by atoms with Crippen molar-refractivity contribution in [3.8, 4) is 11.4 Å². The number of methoxy groups -OCH3 is 1. The molecule has 2 aromatic rings. The van der Waals surface area contributed by atoms with Crippen LogP contribution in [-0.2, 0) is 4.74 Å². The average molecular weight is 336 g/mol. The highest BCUT2D eigenvalue weighted by molar-refractivity contribution is 5.68. The van der Waals surface area contributed by atoms with Gasteiger partial charge < -0.3 is 14.2 Å². The van der Waals surface area contributed by atoms with E-state index in [-0.39, 0.29) is 34.4 Å². The molecular formula is C14H13FN4O5. The molecule has 3 rings (SSSR count). The summed E-state index contributed by atoms with van der Waals surface area (Å²) in [4.78, 5) is 27.2. The predicted molar refractivity (Wildman–Crippen MR) is 77.8 cm³/mol. The lowest BCUT2D eigenvalue weighted by molar-refractivity contribution is -0.385. The number of benzene rings is 1. The van der Waals surface area contributed by atoms with Crippen molar-refractivity contribution in [1.29, 1.82) is 0 Å². The van der Waals surface area contributed by atoms with Crippen LogP contribution in [0.2, 0.25) is 0 Å². The van der Waals surface area contributed by atoms with E-state index in [1.54, 1.807) is 0 Å². The zero-order chi connectivity index (χ0) is 17.4. The van der Waals surface area contributed by atoms with Crippen LogP contribution in [0, 0.1) is 22.9 Å². The standard InChI is InChI=1S/C14H13FN4O5/c1-7-10(15)3-8(4-11(7)19(21)22)12-16-13(24-17-12)9-5-18(6-9)14(20)23-2/h3-4,9H,5-6H2,1-2H3. The number of nitrogens with zero attached hydrogens (tertiary/aromatic N) is 4. The molecule has 1 amide bonds. The molecule has 24 heavy (non-hydrogen) atoms. The van der Waals surface area contributed by atoms with Gasteiger partial charge in [0.2, 0.25) is 11.7 Å².